The minimum Gasteiger partial charge on any atom is -0.491 e. The summed E-state index contributed by atoms with van der Waals surface area (Å²) < 4.78 is 5.41. The highest BCUT2D eigenvalue weighted by Crippen LogP contribution is 2.26. The fourth-order valence-corrected chi connectivity index (χ4v) is 1.79. The smallest absolute Gasteiger partial charge is 0.340 e. The summed E-state index contributed by atoms with van der Waals surface area (Å²) in [6.07, 6.45) is 2.35. The molecule has 2 rings (SSSR count). The molecule has 96 valence electrons. The Labute approximate surface area is 110 Å². The molecule has 1 heterocycles. The highest BCUT2D eigenvalue weighted by atomic mass is 16.5. The number of aromatic nitrogens is 1. The van der Waals surface area contributed by atoms with Gasteiger partial charge in [-0.3, -0.25) is 4.98 Å². The van der Waals surface area contributed by atoms with Crippen molar-refractivity contribution in [1.82, 2.24) is 4.98 Å². The Balaban J connectivity index is 2.35. The van der Waals surface area contributed by atoms with E-state index in [9.17, 15) is 9.90 Å². The van der Waals surface area contributed by atoms with Gasteiger partial charge < -0.3 is 9.84 Å². The Morgan fingerprint density at radius 1 is 1.42 bits per heavy atom. The van der Waals surface area contributed by atoms with Crippen LogP contribution in [0, 0.1) is 11.3 Å². The zero-order valence-corrected chi connectivity index (χ0v) is 10.2. The van der Waals surface area contributed by atoms with Gasteiger partial charge in [-0.25, -0.2) is 4.79 Å². The summed E-state index contributed by atoms with van der Waals surface area (Å²) in [6, 6.07) is 9.02. The SMILES string of the molecule is N#CCCCOc1cnc2ccccc2c1C(=O)O. The quantitative estimate of drug-likeness (QED) is 0.831. The lowest BCUT2D eigenvalue weighted by atomic mass is 10.1. The Kier molecular flexibility index (Phi) is 3.94. The van der Waals surface area contributed by atoms with Crippen LogP contribution >= 0.6 is 0 Å². The molecule has 19 heavy (non-hydrogen) atoms. The second-order valence-electron chi connectivity index (χ2n) is 3.93. The summed E-state index contributed by atoms with van der Waals surface area (Å²) in [5, 5.41) is 18.3. The van der Waals surface area contributed by atoms with E-state index in [0.29, 0.717) is 30.4 Å². The van der Waals surface area contributed by atoms with Crippen LogP contribution in [0.25, 0.3) is 10.9 Å². The minimum atomic E-state index is -1.05. The zero-order chi connectivity index (χ0) is 13.7. The summed E-state index contributed by atoms with van der Waals surface area (Å²) >= 11 is 0. The molecule has 5 nitrogen and oxygen atoms in total. The van der Waals surface area contributed by atoms with Crippen LogP contribution in [0.4, 0.5) is 0 Å². The van der Waals surface area contributed by atoms with Gasteiger partial charge in [-0.05, 0) is 12.5 Å². The van der Waals surface area contributed by atoms with Gasteiger partial charge in [-0.2, -0.15) is 5.26 Å². The first-order valence-corrected chi connectivity index (χ1v) is 5.85. The summed E-state index contributed by atoms with van der Waals surface area (Å²) in [4.78, 5) is 15.5. The lowest BCUT2D eigenvalue weighted by Crippen LogP contribution is -2.06. The summed E-state index contributed by atoms with van der Waals surface area (Å²) in [6.45, 7) is 0.299. The number of carboxylic acids is 1. The first-order chi connectivity index (χ1) is 9.24. The number of hydrogen-bond donors (Lipinski definition) is 1. The third-order valence-electron chi connectivity index (χ3n) is 2.65. The molecule has 0 saturated carbocycles. The zero-order valence-electron chi connectivity index (χ0n) is 10.2. The van der Waals surface area contributed by atoms with Crippen LogP contribution in [-0.2, 0) is 0 Å². The maximum atomic E-state index is 11.4. The van der Waals surface area contributed by atoms with Crippen molar-refractivity contribution in [2.75, 3.05) is 6.61 Å². The lowest BCUT2D eigenvalue weighted by molar-refractivity contribution is 0.0694. The van der Waals surface area contributed by atoms with E-state index in [-0.39, 0.29) is 11.3 Å². The molecule has 1 aromatic carbocycles. The van der Waals surface area contributed by atoms with Gasteiger partial charge in [0.1, 0.15) is 5.56 Å². The molecule has 0 bridgehead atoms. The molecular formula is C14H12N2O3. The Hall–Kier alpha value is -2.61. The molecule has 0 spiro atoms. The second-order valence-corrected chi connectivity index (χ2v) is 3.93. The molecule has 0 saturated heterocycles. The Bertz CT molecular complexity index is 647. The average Bonchev–Trinajstić information content (AvgIpc) is 2.42. The number of rotatable bonds is 5. The van der Waals surface area contributed by atoms with E-state index in [1.807, 2.05) is 6.07 Å². The van der Waals surface area contributed by atoms with Crippen LogP contribution in [0.15, 0.2) is 30.5 Å². The number of nitriles is 1. The maximum absolute atomic E-state index is 11.4. The van der Waals surface area contributed by atoms with Crippen molar-refractivity contribution in [1.29, 1.82) is 5.26 Å². The molecule has 1 aromatic heterocycles. The van der Waals surface area contributed by atoms with E-state index in [2.05, 4.69) is 4.98 Å². The average molecular weight is 256 g/mol. The fraction of sp³-hybridized carbons (Fsp3) is 0.214. The number of carbonyl (C=O) groups is 1. The predicted molar refractivity (Wildman–Crippen MR) is 69.0 cm³/mol. The minimum absolute atomic E-state index is 0.113. The van der Waals surface area contributed by atoms with Crippen LogP contribution < -0.4 is 4.74 Å². The molecule has 0 amide bonds. The maximum Gasteiger partial charge on any atom is 0.340 e. The van der Waals surface area contributed by atoms with Gasteiger partial charge in [0.2, 0.25) is 0 Å². The van der Waals surface area contributed by atoms with Gasteiger partial charge in [-0.15, -0.1) is 0 Å². The Morgan fingerprint density at radius 2 is 2.21 bits per heavy atom. The van der Waals surface area contributed by atoms with E-state index in [4.69, 9.17) is 10.00 Å². The molecule has 0 aliphatic rings. The highest BCUT2D eigenvalue weighted by molar-refractivity contribution is 6.04. The number of nitrogens with zero attached hydrogens (tertiary/aromatic N) is 2. The number of unbranched alkanes of at least 4 members (excludes halogenated alkanes) is 1. The Morgan fingerprint density at radius 3 is 2.95 bits per heavy atom. The van der Waals surface area contributed by atoms with Crippen molar-refractivity contribution in [3.05, 3.63) is 36.0 Å². The number of carboxylic acid groups (broad SMARTS) is 1. The van der Waals surface area contributed by atoms with Crippen molar-refractivity contribution in [3.8, 4) is 11.8 Å². The number of aromatic carboxylic acids is 1. The van der Waals surface area contributed by atoms with Crippen molar-refractivity contribution in [2.45, 2.75) is 12.8 Å². The van der Waals surface area contributed by atoms with E-state index < -0.39 is 5.97 Å². The summed E-state index contributed by atoms with van der Waals surface area (Å²) in [5.74, 6) is -0.807. The summed E-state index contributed by atoms with van der Waals surface area (Å²) in [5.41, 5.74) is 0.729. The molecule has 0 atom stereocenters. The third-order valence-corrected chi connectivity index (χ3v) is 2.65. The van der Waals surface area contributed by atoms with E-state index in [1.165, 1.54) is 6.20 Å². The standard InChI is InChI=1S/C14H12N2O3/c15-7-3-4-8-19-12-9-16-11-6-2-1-5-10(11)13(12)14(17)18/h1-2,5-6,9H,3-4,8H2,(H,17,18). The molecule has 0 fully saturated rings. The van der Waals surface area contributed by atoms with Crippen LogP contribution in [0.1, 0.15) is 23.2 Å². The lowest BCUT2D eigenvalue weighted by Gasteiger charge is -2.10. The van der Waals surface area contributed by atoms with Crippen LogP contribution in [-0.4, -0.2) is 22.7 Å². The number of ether oxygens (including phenoxy) is 1. The molecule has 0 aliphatic heterocycles. The molecule has 5 heteroatoms. The monoisotopic (exact) mass is 256 g/mol. The van der Waals surface area contributed by atoms with Crippen molar-refractivity contribution in [3.63, 3.8) is 0 Å². The van der Waals surface area contributed by atoms with Crippen molar-refractivity contribution in [2.24, 2.45) is 0 Å². The third kappa shape index (κ3) is 2.80. The van der Waals surface area contributed by atoms with Gasteiger partial charge in [0.25, 0.3) is 0 Å². The number of pyridine rings is 1. The van der Waals surface area contributed by atoms with Crippen LogP contribution in [0.5, 0.6) is 5.75 Å². The molecule has 2 aromatic rings. The normalized spacial score (nSPS) is 10.1. The van der Waals surface area contributed by atoms with Gasteiger partial charge in [-0.1, -0.05) is 18.2 Å². The van der Waals surface area contributed by atoms with Gasteiger partial charge in [0, 0.05) is 11.8 Å². The number of benzene rings is 1. The number of hydrogen-bond acceptors (Lipinski definition) is 4. The number of fused-ring (bicyclic) bond motifs is 1. The fourth-order valence-electron chi connectivity index (χ4n) is 1.79. The van der Waals surface area contributed by atoms with E-state index in [0.717, 1.165) is 0 Å². The van der Waals surface area contributed by atoms with Crippen LogP contribution in [0.2, 0.25) is 0 Å². The first-order valence-electron chi connectivity index (χ1n) is 5.85. The summed E-state index contributed by atoms with van der Waals surface area (Å²) in [7, 11) is 0. The van der Waals surface area contributed by atoms with E-state index in [1.54, 1.807) is 24.3 Å². The predicted octanol–water partition coefficient (Wildman–Crippen LogP) is 2.62. The molecule has 0 aliphatic carbocycles. The van der Waals surface area contributed by atoms with Crippen molar-refractivity contribution >= 4 is 16.9 Å². The van der Waals surface area contributed by atoms with Crippen LogP contribution in [0.3, 0.4) is 0 Å². The number of para-hydroxylation sites is 1. The molecule has 0 unspecified atom stereocenters. The van der Waals surface area contributed by atoms with Gasteiger partial charge >= 0.3 is 5.97 Å². The molecule has 1 N–H and O–H groups in total. The van der Waals surface area contributed by atoms with Gasteiger partial charge in [0.05, 0.1) is 24.4 Å². The van der Waals surface area contributed by atoms with Gasteiger partial charge in [0.15, 0.2) is 5.75 Å². The van der Waals surface area contributed by atoms with E-state index >= 15 is 0 Å². The second kappa shape index (κ2) is 5.83. The van der Waals surface area contributed by atoms with Crippen molar-refractivity contribution < 1.29 is 14.6 Å². The highest BCUT2D eigenvalue weighted by Gasteiger charge is 2.16. The first kappa shape index (κ1) is 12.8. The topological polar surface area (TPSA) is 83.2 Å². The largest absolute Gasteiger partial charge is 0.491 e. The molecule has 0 radical (unpaired) electrons. The molecular weight excluding hydrogens is 244 g/mol.